The fourth-order valence-electron chi connectivity index (χ4n) is 0.853. The number of hydrogen-bond donors (Lipinski definition) is 1. The van der Waals surface area contributed by atoms with Crippen molar-refractivity contribution in [2.45, 2.75) is 13.0 Å². The van der Waals surface area contributed by atoms with Crippen LogP contribution in [0.5, 0.6) is 0 Å². The molecule has 1 aromatic heterocycles. The van der Waals surface area contributed by atoms with Crippen LogP contribution in [0.3, 0.4) is 0 Å². The summed E-state index contributed by atoms with van der Waals surface area (Å²) >= 11 is 5.90. The van der Waals surface area contributed by atoms with Crippen molar-refractivity contribution < 1.29 is 0 Å². The van der Waals surface area contributed by atoms with Gasteiger partial charge in [-0.1, -0.05) is 11.6 Å². The van der Waals surface area contributed by atoms with Crippen molar-refractivity contribution in [1.29, 1.82) is 0 Å². The third kappa shape index (κ3) is 1.91. The van der Waals surface area contributed by atoms with Gasteiger partial charge in [0.1, 0.15) is 0 Å². The average Bonchev–Trinajstić information content (AvgIpc) is 2.04. The average molecular weight is 171 g/mol. The molecule has 0 fully saturated rings. The Bertz CT molecular complexity index is 237. The van der Waals surface area contributed by atoms with E-state index in [0.29, 0.717) is 5.02 Å². The van der Waals surface area contributed by atoms with Gasteiger partial charge in [-0.25, -0.2) is 0 Å². The highest BCUT2D eigenvalue weighted by Crippen LogP contribution is 2.18. The van der Waals surface area contributed by atoms with E-state index in [1.807, 2.05) is 26.1 Å². The molecule has 60 valence electrons. The highest BCUT2D eigenvalue weighted by molar-refractivity contribution is 6.31. The molecule has 1 heterocycles. The van der Waals surface area contributed by atoms with Gasteiger partial charge in [-0.3, -0.25) is 4.98 Å². The van der Waals surface area contributed by atoms with E-state index in [1.54, 1.807) is 6.20 Å². The van der Waals surface area contributed by atoms with Gasteiger partial charge >= 0.3 is 0 Å². The molecule has 0 aliphatic heterocycles. The molecule has 0 amide bonds. The summed E-state index contributed by atoms with van der Waals surface area (Å²) in [5, 5.41) is 3.79. The molecule has 1 aromatic rings. The Hall–Kier alpha value is -0.600. The normalized spacial score (nSPS) is 13.0. The monoisotopic (exact) mass is 170 g/mol. The fraction of sp³-hybridized carbons (Fsp3) is 0.375. The van der Waals surface area contributed by atoms with Crippen molar-refractivity contribution in [3.05, 3.63) is 29.0 Å². The second-order valence-corrected chi connectivity index (χ2v) is 2.79. The van der Waals surface area contributed by atoms with Crippen LogP contribution in [0.4, 0.5) is 0 Å². The molecule has 0 radical (unpaired) electrons. The molecule has 0 aromatic carbocycles. The molecule has 2 nitrogen and oxygen atoms in total. The van der Waals surface area contributed by atoms with E-state index in [1.165, 1.54) is 0 Å². The molecule has 0 bridgehead atoms. The van der Waals surface area contributed by atoms with E-state index in [2.05, 4.69) is 10.3 Å². The second kappa shape index (κ2) is 3.69. The molecule has 3 heteroatoms. The minimum atomic E-state index is 0.212. The van der Waals surface area contributed by atoms with E-state index in [4.69, 9.17) is 11.6 Å². The second-order valence-electron chi connectivity index (χ2n) is 2.38. The summed E-state index contributed by atoms with van der Waals surface area (Å²) in [6.45, 7) is 2.02. The van der Waals surface area contributed by atoms with E-state index in [0.717, 1.165) is 5.69 Å². The first-order valence-corrected chi connectivity index (χ1v) is 3.91. The number of rotatable bonds is 2. The maximum Gasteiger partial charge on any atom is 0.0756 e. The highest BCUT2D eigenvalue weighted by atomic mass is 35.5. The van der Waals surface area contributed by atoms with Crippen LogP contribution in [0.15, 0.2) is 18.3 Å². The van der Waals surface area contributed by atoms with Gasteiger partial charge in [0.05, 0.1) is 10.7 Å². The van der Waals surface area contributed by atoms with Gasteiger partial charge in [-0.2, -0.15) is 0 Å². The summed E-state index contributed by atoms with van der Waals surface area (Å²) in [6, 6.07) is 3.88. The quantitative estimate of drug-likeness (QED) is 0.735. The predicted molar refractivity (Wildman–Crippen MR) is 46.7 cm³/mol. The Labute approximate surface area is 71.6 Å². The Morgan fingerprint density at radius 2 is 2.36 bits per heavy atom. The van der Waals surface area contributed by atoms with E-state index < -0.39 is 0 Å². The third-order valence-electron chi connectivity index (χ3n) is 1.63. The first-order chi connectivity index (χ1) is 5.25. The third-order valence-corrected chi connectivity index (χ3v) is 1.95. The van der Waals surface area contributed by atoms with Crippen molar-refractivity contribution in [2.24, 2.45) is 0 Å². The van der Waals surface area contributed by atoms with Crippen molar-refractivity contribution in [1.82, 2.24) is 10.3 Å². The molecule has 0 saturated carbocycles. The van der Waals surface area contributed by atoms with E-state index >= 15 is 0 Å². The lowest BCUT2D eigenvalue weighted by molar-refractivity contribution is 0.633. The van der Waals surface area contributed by atoms with E-state index in [9.17, 15) is 0 Å². The lowest BCUT2D eigenvalue weighted by Gasteiger charge is -2.09. The summed E-state index contributed by atoms with van der Waals surface area (Å²) < 4.78 is 0. The lowest BCUT2D eigenvalue weighted by Crippen LogP contribution is -2.13. The zero-order valence-corrected chi connectivity index (χ0v) is 7.39. The minimum absolute atomic E-state index is 0.212. The SMILES string of the molecule is CNC(C)c1ncccc1Cl. The Balaban J connectivity index is 2.93. The summed E-state index contributed by atoms with van der Waals surface area (Å²) in [5.74, 6) is 0. The molecule has 1 atom stereocenters. The lowest BCUT2D eigenvalue weighted by atomic mass is 10.2. The van der Waals surface area contributed by atoms with Crippen molar-refractivity contribution in [2.75, 3.05) is 7.05 Å². The first-order valence-electron chi connectivity index (χ1n) is 3.53. The number of hydrogen-bond acceptors (Lipinski definition) is 2. The Morgan fingerprint density at radius 3 is 2.91 bits per heavy atom. The number of aromatic nitrogens is 1. The molecule has 1 rings (SSSR count). The van der Waals surface area contributed by atoms with Gasteiger partial charge < -0.3 is 5.32 Å². The maximum atomic E-state index is 5.90. The zero-order valence-electron chi connectivity index (χ0n) is 6.63. The zero-order chi connectivity index (χ0) is 8.27. The van der Waals surface area contributed by atoms with E-state index in [-0.39, 0.29) is 6.04 Å². The molecular weight excluding hydrogens is 160 g/mol. The van der Waals surface area contributed by atoms with Gasteiger partial charge in [-0.05, 0) is 26.1 Å². The Morgan fingerprint density at radius 1 is 1.64 bits per heavy atom. The molecule has 0 saturated heterocycles. The van der Waals surface area contributed by atoms with Crippen molar-refractivity contribution in [3.63, 3.8) is 0 Å². The number of nitrogens with zero attached hydrogens (tertiary/aromatic N) is 1. The van der Waals surface area contributed by atoms with Gasteiger partial charge in [-0.15, -0.1) is 0 Å². The smallest absolute Gasteiger partial charge is 0.0756 e. The predicted octanol–water partition coefficient (Wildman–Crippen LogP) is 2.02. The van der Waals surface area contributed by atoms with Crippen LogP contribution in [0.25, 0.3) is 0 Å². The van der Waals surface area contributed by atoms with Crippen LogP contribution in [0, 0.1) is 0 Å². The topological polar surface area (TPSA) is 24.9 Å². The van der Waals surface area contributed by atoms with Crippen molar-refractivity contribution in [3.8, 4) is 0 Å². The number of pyridine rings is 1. The van der Waals surface area contributed by atoms with Gasteiger partial charge in [0.15, 0.2) is 0 Å². The van der Waals surface area contributed by atoms with Crippen LogP contribution in [0.2, 0.25) is 5.02 Å². The summed E-state index contributed by atoms with van der Waals surface area (Å²) in [6.07, 6.45) is 1.75. The molecule has 11 heavy (non-hydrogen) atoms. The molecule has 0 aliphatic carbocycles. The van der Waals surface area contributed by atoms with Gasteiger partial charge in [0.25, 0.3) is 0 Å². The van der Waals surface area contributed by atoms with Crippen LogP contribution in [0.1, 0.15) is 18.7 Å². The molecular formula is C8H11ClN2. The van der Waals surface area contributed by atoms with Gasteiger partial charge in [0, 0.05) is 12.2 Å². The van der Waals surface area contributed by atoms with Crippen LogP contribution in [-0.2, 0) is 0 Å². The molecule has 1 N–H and O–H groups in total. The Kier molecular flexibility index (Phi) is 2.85. The number of nitrogens with one attached hydrogen (secondary N) is 1. The standard InChI is InChI=1S/C8H11ClN2/c1-6(10-2)8-7(9)4-3-5-11-8/h3-6,10H,1-2H3. The van der Waals surface area contributed by atoms with Crippen LogP contribution >= 0.6 is 11.6 Å². The molecule has 0 spiro atoms. The molecule has 0 aliphatic rings. The van der Waals surface area contributed by atoms with Crippen LogP contribution in [-0.4, -0.2) is 12.0 Å². The summed E-state index contributed by atoms with van der Waals surface area (Å²) in [7, 11) is 1.88. The summed E-state index contributed by atoms with van der Waals surface area (Å²) in [4.78, 5) is 4.15. The van der Waals surface area contributed by atoms with Gasteiger partial charge in [0.2, 0.25) is 0 Å². The maximum absolute atomic E-state index is 5.90. The molecule has 1 unspecified atom stereocenters. The van der Waals surface area contributed by atoms with Crippen molar-refractivity contribution >= 4 is 11.6 Å². The largest absolute Gasteiger partial charge is 0.312 e. The number of halogens is 1. The first kappa shape index (κ1) is 8.50. The summed E-state index contributed by atoms with van der Waals surface area (Å²) in [5.41, 5.74) is 0.900. The minimum Gasteiger partial charge on any atom is -0.312 e. The highest BCUT2D eigenvalue weighted by Gasteiger charge is 2.06. The fourth-order valence-corrected chi connectivity index (χ4v) is 1.14. The van der Waals surface area contributed by atoms with Crippen LogP contribution < -0.4 is 5.32 Å².